The lowest BCUT2D eigenvalue weighted by atomic mass is 10.1. The maximum atomic E-state index is 12.2. The van der Waals surface area contributed by atoms with Gasteiger partial charge in [0.15, 0.2) is 9.84 Å². The summed E-state index contributed by atoms with van der Waals surface area (Å²) < 4.78 is 24.4. The maximum Gasteiger partial charge on any atom is 0.239 e. The van der Waals surface area contributed by atoms with Gasteiger partial charge in [0.05, 0.1) is 5.75 Å². The van der Waals surface area contributed by atoms with Crippen LogP contribution in [0.25, 0.3) is 11.1 Å². The van der Waals surface area contributed by atoms with Gasteiger partial charge in [0, 0.05) is 5.69 Å². The molecule has 1 amide bonds. The molecule has 1 N–H and O–H groups in total. The van der Waals surface area contributed by atoms with Crippen molar-refractivity contribution in [1.82, 2.24) is 0 Å². The molecule has 0 bridgehead atoms. The first-order valence-electron chi connectivity index (χ1n) is 8.21. The van der Waals surface area contributed by atoms with Crippen molar-refractivity contribution < 1.29 is 13.2 Å². The number of benzene rings is 3. The molecule has 4 nitrogen and oxygen atoms in total. The Hall–Kier alpha value is -2.92. The lowest BCUT2D eigenvalue weighted by Crippen LogP contribution is -2.23. The fraction of sp³-hybridized carbons (Fsp3) is 0.0952. The third-order valence-electron chi connectivity index (χ3n) is 3.86. The lowest BCUT2D eigenvalue weighted by molar-refractivity contribution is -0.113. The number of rotatable bonds is 6. The third kappa shape index (κ3) is 5.04. The van der Waals surface area contributed by atoms with E-state index in [4.69, 9.17) is 0 Å². The highest BCUT2D eigenvalue weighted by molar-refractivity contribution is 7.91. The van der Waals surface area contributed by atoms with Gasteiger partial charge in [-0.3, -0.25) is 4.79 Å². The van der Waals surface area contributed by atoms with Crippen LogP contribution in [0.15, 0.2) is 84.9 Å². The topological polar surface area (TPSA) is 63.2 Å². The van der Waals surface area contributed by atoms with E-state index in [1.807, 2.05) is 48.5 Å². The molecule has 0 aliphatic carbocycles. The van der Waals surface area contributed by atoms with Crippen LogP contribution in [0.3, 0.4) is 0 Å². The number of carbonyl (C=O) groups excluding carboxylic acids is 1. The first kappa shape index (κ1) is 17.9. The second kappa shape index (κ2) is 7.97. The molecule has 3 aromatic rings. The monoisotopic (exact) mass is 365 g/mol. The Bertz CT molecular complexity index is 967. The number of hydrogen-bond donors (Lipinski definition) is 1. The summed E-state index contributed by atoms with van der Waals surface area (Å²) >= 11 is 0. The van der Waals surface area contributed by atoms with Crippen LogP contribution in [0.4, 0.5) is 5.69 Å². The highest BCUT2D eigenvalue weighted by Crippen LogP contribution is 2.21. The molecule has 3 rings (SSSR count). The van der Waals surface area contributed by atoms with Crippen molar-refractivity contribution in [2.24, 2.45) is 0 Å². The van der Waals surface area contributed by atoms with E-state index in [0.29, 0.717) is 11.3 Å². The second-order valence-corrected chi connectivity index (χ2v) is 8.07. The number of nitrogens with one attached hydrogen (secondary N) is 1. The minimum Gasteiger partial charge on any atom is -0.325 e. The molecule has 0 saturated carbocycles. The van der Waals surface area contributed by atoms with Crippen LogP contribution in [0.2, 0.25) is 0 Å². The van der Waals surface area contributed by atoms with Crippen molar-refractivity contribution in [1.29, 1.82) is 0 Å². The minimum absolute atomic E-state index is 0.145. The fourth-order valence-electron chi connectivity index (χ4n) is 2.65. The van der Waals surface area contributed by atoms with Gasteiger partial charge in [-0.25, -0.2) is 8.42 Å². The highest BCUT2D eigenvalue weighted by atomic mass is 32.2. The largest absolute Gasteiger partial charge is 0.325 e. The van der Waals surface area contributed by atoms with E-state index in [1.165, 1.54) is 0 Å². The molecule has 0 aliphatic heterocycles. The highest BCUT2D eigenvalue weighted by Gasteiger charge is 2.17. The summed E-state index contributed by atoms with van der Waals surface area (Å²) in [4.78, 5) is 12.1. The molecule has 0 radical (unpaired) electrons. The molecule has 0 heterocycles. The molecule has 132 valence electrons. The van der Waals surface area contributed by atoms with Crippen molar-refractivity contribution in [2.75, 3.05) is 11.1 Å². The van der Waals surface area contributed by atoms with E-state index in [1.54, 1.807) is 36.4 Å². The minimum atomic E-state index is -3.52. The number of hydrogen-bond acceptors (Lipinski definition) is 3. The van der Waals surface area contributed by atoms with E-state index in [9.17, 15) is 13.2 Å². The van der Waals surface area contributed by atoms with Gasteiger partial charge in [-0.05, 0) is 28.8 Å². The summed E-state index contributed by atoms with van der Waals surface area (Å²) in [5.41, 5.74) is 3.35. The van der Waals surface area contributed by atoms with Crippen LogP contribution >= 0.6 is 0 Å². The Morgan fingerprint density at radius 1 is 0.731 bits per heavy atom. The van der Waals surface area contributed by atoms with Gasteiger partial charge in [-0.2, -0.15) is 0 Å². The Morgan fingerprint density at radius 3 is 1.88 bits per heavy atom. The van der Waals surface area contributed by atoms with Crippen LogP contribution in [0, 0.1) is 0 Å². The summed E-state index contributed by atoms with van der Waals surface area (Å²) in [6, 6.07) is 26.0. The quantitative estimate of drug-likeness (QED) is 0.720. The zero-order valence-electron chi connectivity index (χ0n) is 14.1. The van der Waals surface area contributed by atoms with E-state index in [-0.39, 0.29) is 5.75 Å². The maximum absolute atomic E-state index is 12.2. The molecule has 0 saturated heterocycles. The molecule has 0 atom stereocenters. The normalized spacial score (nSPS) is 11.1. The van der Waals surface area contributed by atoms with Crippen LogP contribution in [0.1, 0.15) is 5.56 Å². The van der Waals surface area contributed by atoms with Crippen LogP contribution < -0.4 is 5.32 Å². The summed E-state index contributed by atoms with van der Waals surface area (Å²) in [6.45, 7) is 0. The molecule has 26 heavy (non-hydrogen) atoms. The number of anilines is 1. The Labute approximate surface area is 153 Å². The molecule has 3 aromatic carbocycles. The zero-order chi connectivity index (χ0) is 18.4. The molecule has 5 heteroatoms. The summed E-state index contributed by atoms with van der Waals surface area (Å²) in [7, 11) is -3.52. The number of sulfone groups is 1. The van der Waals surface area contributed by atoms with E-state index in [0.717, 1.165) is 11.1 Å². The van der Waals surface area contributed by atoms with Crippen molar-refractivity contribution in [2.45, 2.75) is 5.75 Å². The summed E-state index contributed by atoms with van der Waals surface area (Å²) in [5.74, 6) is -1.22. The van der Waals surface area contributed by atoms with Gasteiger partial charge in [-0.15, -0.1) is 0 Å². The van der Waals surface area contributed by atoms with Gasteiger partial charge < -0.3 is 5.32 Å². The van der Waals surface area contributed by atoms with Crippen molar-refractivity contribution in [3.8, 4) is 11.1 Å². The first-order valence-corrected chi connectivity index (χ1v) is 10.0. The smallest absolute Gasteiger partial charge is 0.239 e. The second-order valence-electron chi connectivity index (χ2n) is 6.01. The van der Waals surface area contributed by atoms with Gasteiger partial charge in [0.1, 0.15) is 5.75 Å². The SMILES string of the molecule is O=C(CS(=O)(=O)Cc1ccccc1)Nc1ccc(-c2ccccc2)cc1. The molecular weight excluding hydrogens is 346 g/mol. The molecule has 0 aliphatic rings. The molecular formula is C21H19NO3S. The Morgan fingerprint density at radius 2 is 1.27 bits per heavy atom. The fourth-order valence-corrected chi connectivity index (χ4v) is 3.93. The van der Waals surface area contributed by atoms with E-state index >= 15 is 0 Å². The van der Waals surface area contributed by atoms with Crippen molar-refractivity contribution in [3.63, 3.8) is 0 Å². The Kier molecular flexibility index (Phi) is 5.49. The number of amides is 1. The van der Waals surface area contributed by atoms with Gasteiger partial charge in [-0.1, -0.05) is 72.8 Å². The molecule has 0 spiro atoms. The van der Waals surface area contributed by atoms with Crippen molar-refractivity contribution in [3.05, 3.63) is 90.5 Å². The lowest BCUT2D eigenvalue weighted by Gasteiger charge is -2.08. The number of carbonyl (C=O) groups is 1. The third-order valence-corrected chi connectivity index (χ3v) is 5.33. The molecule has 0 aromatic heterocycles. The molecule has 0 fully saturated rings. The van der Waals surface area contributed by atoms with Crippen molar-refractivity contribution >= 4 is 21.4 Å². The summed E-state index contributed by atoms with van der Waals surface area (Å²) in [6.07, 6.45) is 0. The van der Waals surface area contributed by atoms with Crippen LogP contribution in [-0.4, -0.2) is 20.1 Å². The average Bonchev–Trinajstić information content (AvgIpc) is 2.63. The van der Waals surface area contributed by atoms with E-state index < -0.39 is 21.5 Å². The standard InChI is InChI=1S/C21H19NO3S/c23-21(16-26(24,25)15-17-7-3-1-4-8-17)22-20-13-11-19(12-14-20)18-9-5-2-6-10-18/h1-14H,15-16H2,(H,22,23). The van der Waals surface area contributed by atoms with Crippen LogP contribution in [0.5, 0.6) is 0 Å². The van der Waals surface area contributed by atoms with Gasteiger partial charge in [0.2, 0.25) is 5.91 Å². The zero-order valence-corrected chi connectivity index (χ0v) is 14.9. The first-order chi connectivity index (χ1) is 12.5. The predicted molar refractivity (Wildman–Crippen MR) is 104 cm³/mol. The molecule has 0 unspecified atom stereocenters. The Balaban J connectivity index is 1.61. The van der Waals surface area contributed by atoms with E-state index in [2.05, 4.69) is 5.32 Å². The van der Waals surface area contributed by atoms with Gasteiger partial charge >= 0.3 is 0 Å². The summed E-state index contributed by atoms with van der Waals surface area (Å²) in [5, 5.41) is 2.64. The average molecular weight is 365 g/mol. The van der Waals surface area contributed by atoms with Gasteiger partial charge in [0.25, 0.3) is 0 Å². The predicted octanol–water partition coefficient (Wildman–Crippen LogP) is 3.91. The van der Waals surface area contributed by atoms with Crippen LogP contribution in [-0.2, 0) is 20.4 Å².